The Kier molecular flexibility index (Phi) is 4.34. The van der Waals surface area contributed by atoms with Crippen molar-refractivity contribution < 1.29 is 0 Å². The van der Waals surface area contributed by atoms with Gasteiger partial charge in [-0.3, -0.25) is 0 Å². The fraction of sp³-hybridized carbons (Fsp3) is 0.357. The minimum atomic E-state index is 0.702. The molecule has 6 nitrogen and oxygen atoms in total. The molecule has 106 valence electrons. The van der Waals surface area contributed by atoms with Crippen molar-refractivity contribution in [2.24, 2.45) is 0 Å². The van der Waals surface area contributed by atoms with Crippen molar-refractivity contribution >= 4 is 17.5 Å². The van der Waals surface area contributed by atoms with Crippen molar-refractivity contribution in [1.82, 2.24) is 15.0 Å². The Balaban J connectivity index is 2.05. The summed E-state index contributed by atoms with van der Waals surface area (Å²) < 4.78 is 0. The van der Waals surface area contributed by atoms with Gasteiger partial charge >= 0.3 is 0 Å². The van der Waals surface area contributed by atoms with Gasteiger partial charge in [-0.15, -0.1) is 0 Å². The lowest BCUT2D eigenvalue weighted by Crippen LogP contribution is -2.12. The lowest BCUT2D eigenvalue weighted by atomic mass is 10.2. The third-order valence-electron chi connectivity index (χ3n) is 2.85. The number of anilines is 3. The summed E-state index contributed by atoms with van der Waals surface area (Å²) in [5.74, 6) is 2.64. The molecule has 0 aliphatic rings. The van der Waals surface area contributed by atoms with E-state index in [1.807, 2.05) is 56.3 Å². The Morgan fingerprint density at radius 1 is 0.950 bits per heavy atom. The number of aromatic nitrogens is 3. The van der Waals surface area contributed by atoms with Crippen LogP contribution in [0.25, 0.3) is 0 Å². The van der Waals surface area contributed by atoms with E-state index in [0.29, 0.717) is 6.54 Å². The minimum Gasteiger partial charge on any atom is -0.366 e. The van der Waals surface area contributed by atoms with E-state index in [2.05, 4.69) is 26.3 Å². The molecule has 6 heteroatoms. The summed E-state index contributed by atoms with van der Waals surface area (Å²) in [4.78, 5) is 16.6. The van der Waals surface area contributed by atoms with Crippen molar-refractivity contribution in [2.45, 2.75) is 6.54 Å². The summed E-state index contributed by atoms with van der Waals surface area (Å²) in [6.45, 7) is 0.702. The Morgan fingerprint density at radius 3 is 2.35 bits per heavy atom. The maximum Gasteiger partial charge on any atom is 0.133 e. The van der Waals surface area contributed by atoms with Gasteiger partial charge in [-0.1, -0.05) is 0 Å². The summed E-state index contributed by atoms with van der Waals surface area (Å²) in [6.07, 6.45) is 3.38. The number of rotatable bonds is 5. The van der Waals surface area contributed by atoms with Crippen LogP contribution in [0.2, 0.25) is 0 Å². The molecule has 0 amide bonds. The molecule has 0 saturated carbocycles. The monoisotopic (exact) mass is 272 g/mol. The summed E-state index contributed by atoms with van der Waals surface area (Å²) in [6, 6.07) is 5.98. The maximum absolute atomic E-state index is 4.30. The lowest BCUT2D eigenvalue weighted by molar-refractivity contribution is 1.01. The van der Waals surface area contributed by atoms with Gasteiger partial charge in [-0.05, 0) is 17.7 Å². The fourth-order valence-corrected chi connectivity index (χ4v) is 1.70. The van der Waals surface area contributed by atoms with Crippen LogP contribution in [0.3, 0.4) is 0 Å². The van der Waals surface area contributed by atoms with Gasteiger partial charge in [0.05, 0.1) is 0 Å². The highest BCUT2D eigenvalue weighted by molar-refractivity contribution is 5.48. The van der Waals surface area contributed by atoms with E-state index in [-0.39, 0.29) is 0 Å². The maximum atomic E-state index is 4.30. The van der Waals surface area contributed by atoms with Crippen LogP contribution in [0.5, 0.6) is 0 Å². The molecule has 0 aliphatic heterocycles. The molecule has 2 heterocycles. The molecular formula is C14H20N6. The number of hydrogen-bond donors (Lipinski definition) is 1. The predicted octanol–water partition coefficient (Wildman–Crippen LogP) is 1.62. The summed E-state index contributed by atoms with van der Waals surface area (Å²) in [7, 11) is 7.87. The molecule has 0 aromatic carbocycles. The zero-order valence-electron chi connectivity index (χ0n) is 12.3. The molecule has 0 saturated heterocycles. The highest BCUT2D eigenvalue weighted by Gasteiger charge is 2.02. The van der Waals surface area contributed by atoms with Crippen LogP contribution in [-0.4, -0.2) is 43.1 Å². The van der Waals surface area contributed by atoms with Gasteiger partial charge in [0.2, 0.25) is 0 Å². The zero-order valence-corrected chi connectivity index (χ0v) is 12.3. The second-order valence-corrected chi connectivity index (χ2v) is 4.93. The van der Waals surface area contributed by atoms with Crippen molar-refractivity contribution in [1.29, 1.82) is 0 Å². The van der Waals surface area contributed by atoms with E-state index in [1.54, 1.807) is 6.33 Å². The summed E-state index contributed by atoms with van der Waals surface area (Å²) in [5.41, 5.74) is 1.16. The molecule has 0 unspecified atom stereocenters. The molecule has 0 spiro atoms. The van der Waals surface area contributed by atoms with Crippen LogP contribution in [0.4, 0.5) is 17.5 Å². The quantitative estimate of drug-likeness (QED) is 0.892. The van der Waals surface area contributed by atoms with Gasteiger partial charge in [0.1, 0.15) is 23.8 Å². The molecule has 2 aromatic rings. The highest BCUT2D eigenvalue weighted by atomic mass is 15.2. The normalized spacial score (nSPS) is 10.2. The first-order chi connectivity index (χ1) is 9.56. The molecule has 20 heavy (non-hydrogen) atoms. The second kappa shape index (κ2) is 6.18. The van der Waals surface area contributed by atoms with E-state index in [0.717, 1.165) is 23.0 Å². The van der Waals surface area contributed by atoms with Crippen LogP contribution in [0.15, 0.2) is 30.7 Å². The van der Waals surface area contributed by atoms with Crippen molar-refractivity contribution in [3.63, 3.8) is 0 Å². The van der Waals surface area contributed by atoms with E-state index in [1.165, 1.54) is 0 Å². The average molecular weight is 272 g/mol. The molecule has 0 bridgehead atoms. The predicted molar refractivity (Wildman–Crippen MR) is 82.2 cm³/mol. The van der Waals surface area contributed by atoms with Gasteiger partial charge in [0.15, 0.2) is 0 Å². The smallest absolute Gasteiger partial charge is 0.133 e. The lowest BCUT2D eigenvalue weighted by Gasteiger charge is -2.14. The first-order valence-electron chi connectivity index (χ1n) is 6.42. The minimum absolute atomic E-state index is 0.702. The average Bonchev–Trinajstić information content (AvgIpc) is 2.45. The van der Waals surface area contributed by atoms with Crippen molar-refractivity contribution in [2.75, 3.05) is 43.3 Å². The van der Waals surface area contributed by atoms with Gasteiger partial charge < -0.3 is 15.1 Å². The van der Waals surface area contributed by atoms with Gasteiger partial charge in [0.25, 0.3) is 0 Å². The molecule has 0 fully saturated rings. The first-order valence-corrected chi connectivity index (χ1v) is 6.42. The first kappa shape index (κ1) is 14.0. The zero-order chi connectivity index (χ0) is 14.5. The van der Waals surface area contributed by atoms with Crippen LogP contribution in [0, 0.1) is 0 Å². The number of pyridine rings is 1. The second-order valence-electron chi connectivity index (χ2n) is 4.93. The van der Waals surface area contributed by atoms with E-state index in [9.17, 15) is 0 Å². The van der Waals surface area contributed by atoms with E-state index in [4.69, 9.17) is 0 Å². The van der Waals surface area contributed by atoms with E-state index < -0.39 is 0 Å². The molecule has 0 atom stereocenters. The third-order valence-corrected chi connectivity index (χ3v) is 2.85. The van der Waals surface area contributed by atoms with Gasteiger partial charge in [-0.25, -0.2) is 15.0 Å². The Morgan fingerprint density at radius 2 is 1.65 bits per heavy atom. The molecule has 2 rings (SSSR count). The molecular weight excluding hydrogens is 252 g/mol. The highest BCUT2D eigenvalue weighted by Crippen LogP contribution is 2.14. The topological polar surface area (TPSA) is 57.2 Å². The Hall–Kier alpha value is -2.37. The molecule has 1 N–H and O–H groups in total. The number of nitrogens with zero attached hydrogens (tertiary/aromatic N) is 5. The largest absolute Gasteiger partial charge is 0.366 e. The molecule has 2 aromatic heterocycles. The fourth-order valence-electron chi connectivity index (χ4n) is 1.70. The van der Waals surface area contributed by atoms with Gasteiger partial charge in [0, 0.05) is 47.0 Å². The molecule has 0 aliphatic carbocycles. The Labute approximate surface area is 119 Å². The van der Waals surface area contributed by atoms with Crippen LogP contribution >= 0.6 is 0 Å². The Bertz CT molecular complexity index is 516. The van der Waals surface area contributed by atoms with Crippen molar-refractivity contribution in [3.8, 4) is 0 Å². The van der Waals surface area contributed by atoms with Crippen LogP contribution in [0.1, 0.15) is 5.56 Å². The van der Waals surface area contributed by atoms with Crippen molar-refractivity contribution in [3.05, 3.63) is 36.3 Å². The van der Waals surface area contributed by atoms with Gasteiger partial charge in [-0.2, -0.15) is 0 Å². The van der Waals surface area contributed by atoms with Crippen LogP contribution in [-0.2, 0) is 6.54 Å². The SMILES string of the molecule is CN(C)c1cc(CNc2cc(N(C)C)ncn2)ccn1. The van der Waals surface area contributed by atoms with Crippen LogP contribution < -0.4 is 15.1 Å². The number of hydrogen-bond acceptors (Lipinski definition) is 6. The third kappa shape index (κ3) is 3.57. The van der Waals surface area contributed by atoms with E-state index >= 15 is 0 Å². The standard InChI is InChI=1S/C14H20N6/c1-19(2)13-7-11(5-6-15-13)9-16-12-8-14(20(3)4)18-10-17-12/h5-8,10H,9H2,1-4H3,(H,16,17,18). The number of nitrogens with one attached hydrogen (secondary N) is 1. The molecule has 0 radical (unpaired) electrons. The summed E-state index contributed by atoms with van der Waals surface area (Å²) >= 11 is 0. The summed E-state index contributed by atoms with van der Waals surface area (Å²) in [5, 5.41) is 3.30.